The molecule has 3 rings (SSSR count). The summed E-state index contributed by atoms with van der Waals surface area (Å²) in [5.41, 5.74) is 0.926. The van der Waals surface area contributed by atoms with Crippen LogP contribution in [0.1, 0.15) is 12.8 Å². The van der Waals surface area contributed by atoms with Crippen molar-refractivity contribution in [2.45, 2.75) is 12.8 Å². The number of fused-ring (bicyclic) bond motifs is 1. The summed E-state index contributed by atoms with van der Waals surface area (Å²) in [7, 11) is 0. The molecule has 1 saturated heterocycles. The molecule has 0 unspecified atom stereocenters. The fourth-order valence-electron chi connectivity index (χ4n) is 2.51. The van der Waals surface area contributed by atoms with E-state index < -0.39 is 11.8 Å². The smallest absolute Gasteiger partial charge is 0.322 e. The van der Waals surface area contributed by atoms with Crippen LogP contribution in [0.4, 0.5) is 15.9 Å². The van der Waals surface area contributed by atoms with E-state index in [0.29, 0.717) is 22.5 Å². The first kappa shape index (κ1) is 13.5. The second-order valence-electron chi connectivity index (χ2n) is 4.96. The highest BCUT2D eigenvalue weighted by Crippen LogP contribution is 2.27. The zero-order chi connectivity index (χ0) is 14.8. The molecule has 0 spiro atoms. The standard InChI is InChI=1S/C14H15FN4O2/c15-10-7-9-11(17-8-12(20)21)3-4-16-13(9)18-14(10)19-5-1-2-6-19/h3-4,7H,1-2,5-6,8H2,(H,20,21)(H,16,17,18). The number of hydrogen-bond acceptors (Lipinski definition) is 5. The van der Waals surface area contributed by atoms with E-state index in [4.69, 9.17) is 5.11 Å². The summed E-state index contributed by atoms with van der Waals surface area (Å²) in [6.07, 6.45) is 3.60. The van der Waals surface area contributed by atoms with Crippen molar-refractivity contribution >= 4 is 28.5 Å². The molecule has 6 nitrogen and oxygen atoms in total. The quantitative estimate of drug-likeness (QED) is 0.895. The molecule has 1 fully saturated rings. The van der Waals surface area contributed by atoms with Gasteiger partial charge in [-0.05, 0) is 25.0 Å². The van der Waals surface area contributed by atoms with E-state index in [1.165, 1.54) is 12.3 Å². The summed E-state index contributed by atoms with van der Waals surface area (Å²) in [6.45, 7) is 1.35. The number of hydrogen-bond donors (Lipinski definition) is 2. The lowest BCUT2D eigenvalue weighted by Crippen LogP contribution is -2.20. The normalized spacial score (nSPS) is 14.6. The van der Waals surface area contributed by atoms with Crippen LogP contribution in [0, 0.1) is 5.82 Å². The van der Waals surface area contributed by atoms with Crippen LogP contribution in [-0.2, 0) is 4.79 Å². The monoisotopic (exact) mass is 290 g/mol. The summed E-state index contributed by atoms with van der Waals surface area (Å²) in [5, 5.41) is 11.9. The molecule has 0 aliphatic carbocycles. The minimum absolute atomic E-state index is 0.241. The molecular formula is C14H15FN4O2. The Morgan fingerprint density at radius 1 is 1.43 bits per heavy atom. The third kappa shape index (κ3) is 2.72. The van der Waals surface area contributed by atoms with E-state index in [1.54, 1.807) is 6.07 Å². The van der Waals surface area contributed by atoms with Gasteiger partial charge in [-0.1, -0.05) is 0 Å². The van der Waals surface area contributed by atoms with Crippen LogP contribution in [0.25, 0.3) is 11.0 Å². The maximum Gasteiger partial charge on any atom is 0.322 e. The summed E-state index contributed by atoms with van der Waals surface area (Å²) >= 11 is 0. The zero-order valence-electron chi connectivity index (χ0n) is 11.3. The van der Waals surface area contributed by atoms with Crippen LogP contribution >= 0.6 is 0 Å². The topological polar surface area (TPSA) is 78.3 Å². The van der Waals surface area contributed by atoms with E-state index in [2.05, 4.69) is 15.3 Å². The van der Waals surface area contributed by atoms with E-state index in [9.17, 15) is 9.18 Å². The average Bonchev–Trinajstić information content (AvgIpc) is 2.98. The molecule has 0 saturated carbocycles. The number of carboxylic acids is 1. The van der Waals surface area contributed by atoms with Crippen molar-refractivity contribution in [2.24, 2.45) is 0 Å². The van der Waals surface area contributed by atoms with E-state index in [1.807, 2.05) is 4.90 Å². The number of anilines is 2. The van der Waals surface area contributed by atoms with Gasteiger partial charge in [-0.15, -0.1) is 0 Å². The third-order valence-electron chi connectivity index (χ3n) is 3.50. The molecule has 1 aliphatic rings. The number of nitrogens with one attached hydrogen (secondary N) is 1. The number of halogens is 1. The van der Waals surface area contributed by atoms with Crippen molar-refractivity contribution in [3.63, 3.8) is 0 Å². The molecule has 0 atom stereocenters. The van der Waals surface area contributed by atoms with E-state index in [-0.39, 0.29) is 6.54 Å². The minimum Gasteiger partial charge on any atom is -0.480 e. The van der Waals surface area contributed by atoms with Gasteiger partial charge in [0.15, 0.2) is 17.3 Å². The molecule has 3 heterocycles. The highest BCUT2D eigenvalue weighted by atomic mass is 19.1. The summed E-state index contributed by atoms with van der Waals surface area (Å²) in [6, 6.07) is 2.98. The maximum atomic E-state index is 14.3. The first-order valence-electron chi connectivity index (χ1n) is 6.81. The molecule has 21 heavy (non-hydrogen) atoms. The molecular weight excluding hydrogens is 275 g/mol. The Kier molecular flexibility index (Phi) is 3.55. The molecule has 0 amide bonds. The van der Waals surface area contributed by atoms with Crippen molar-refractivity contribution in [3.8, 4) is 0 Å². The number of carbonyl (C=O) groups is 1. The first-order chi connectivity index (χ1) is 10.1. The Balaban J connectivity index is 2.00. The van der Waals surface area contributed by atoms with Gasteiger partial charge < -0.3 is 15.3 Å². The number of aliphatic carboxylic acids is 1. The van der Waals surface area contributed by atoms with Gasteiger partial charge in [0, 0.05) is 30.4 Å². The molecule has 110 valence electrons. The van der Waals surface area contributed by atoms with Crippen LogP contribution in [0.5, 0.6) is 0 Å². The van der Waals surface area contributed by atoms with Gasteiger partial charge in [0.25, 0.3) is 0 Å². The van der Waals surface area contributed by atoms with Crippen LogP contribution in [-0.4, -0.2) is 40.7 Å². The predicted molar refractivity (Wildman–Crippen MR) is 77.1 cm³/mol. The van der Waals surface area contributed by atoms with Crippen molar-refractivity contribution in [1.29, 1.82) is 0 Å². The second kappa shape index (κ2) is 5.51. The number of rotatable bonds is 4. The molecule has 0 aromatic carbocycles. The molecule has 1 aliphatic heterocycles. The van der Waals surface area contributed by atoms with Gasteiger partial charge in [0.2, 0.25) is 0 Å². The van der Waals surface area contributed by atoms with Crippen LogP contribution in [0.15, 0.2) is 18.3 Å². The van der Waals surface area contributed by atoms with Gasteiger partial charge in [0.05, 0.1) is 0 Å². The molecule has 2 N–H and O–H groups in total. The third-order valence-corrected chi connectivity index (χ3v) is 3.50. The Bertz CT molecular complexity index is 686. The molecule has 0 radical (unpaired) electrons. The predicted octanol–water partition coefficient (Wildman–Crippen LogP) is 1.87. The molecule has 0 bridgehead atoms. The van der Waals surface area contributed by atoms with Crippen LogP contribution in [0.2, 0.25) is 0 Å². The van der Waals surface area contributed by atoms with Crippen molar-refractivity contribution in [2.75, 3.05) is 29.9 Å². The summed E-state index contributed by atoms with van der Waals surface area (Å²) < 4.78 is 14.3. The lowest BCUT2D eigenvalue weighted by molar-refractivity contribution is -0.134. The number of pyridine rings is 2. The van der Waals surface area contributed by atoms with Crippen molar-refractivity contribution < 1.29 is 14.3 Å². The van der Waals surface area contributed by atoms with Gasteiger partial charge in [-0.25, -0.2) is 14.4 Å². The van der Waals surface area contributed by atoms with Gasteiger partial charge in [-0.3, -0.25) is 4.79 Å². The van der Waals surface area contributed by atoms with Crippen molar-refractivity contribution in [3.05, 3.63) is 24.1 Å². The van der Waals surface area contributed by atoms with Gasteiger partial charge >= 0.3 is 5.97 Å². The Hall–Kier alpha value is -2.44. The lowest BCUT2D eigenvalue weighted by atomic mass is 10.2. The molecule has 7 heteroatoms. The summed E-state index contributed by atoms with van der Waals surface area (Å²) in [5.74, 6) is -1.07. The summed E-state index contributed by atoms with van der Waals surface area (Å²) in [4.78, 5) is 21.0. The first-order valence-corrected chi connectivity index (χ1v) is 6.81. The number of nitrogens with zero attached hydrogens (tertiary/aromatic N) is 3. The highest BCUT2D eigenvalue weighted by Gasteiger charge is 2.19. The second-order valence-corrected chi connectivity index (χ2v) is 4.96. The van der Waals surface area contributed by atoms with Gasteiger partial charge in [-0.2, -0.15) is 0 Å². The van der Waals surface area contributed by atoms with Crippen LogP contribution in [0.3, 0.4) is 0 Å². The fraction of sp³-hybridized carbons (Fsp3) is 0.357. The molecule has 2 aromatic heterocycles. The SMILES string of the molecule is O=C(O)CNc1ccnc2nc(N3CCCC3)c(F)cc12. The Labute approximate surface area is 120 Å². The Morgan fingerprint density at radius 2 is 2.19 bits per heavy atom. The largest absolute Gasteiger partial charge is 0.480 e. The maximum absolute atomic E-state index is 14.3. The average molecular weight is 290 g/mol. The number of aromatic nitrogens is 2. The molecule has 2 aromatic rings. The highest BCUT2D eigenvalue weighted by molar-refractivity contribution is 5.91. The minimum atomic E-state index is -0.984. The van der Waals surface area contributed by atoms with Gasteiger partial charge in [0.1, 0.15) is 6.54 Å². The van der Waals surface area contributed by atoms with Crippen LogP contribution < -0.4 is 10.2 Å². The lowest BCUT2D eigenvalue weighted by Gasteiger charge is -2.17. The zero-order valence-corrected chi connectivity index (χ0v) is 11.3. The van der Waals surface area contributed by atoms with Crippen molar-refractivity contribution in [1.82, 2.24) is 9.97 Å². The fourth-order valence-corrected chi connectivity index (χ4v) is 2.51. The Morgan fingerprint density at radius 3 is 2.90 bits per heavy atom. The van der Waals surface area contributed by atoms with E-state index in [0.717, 1.165) is 25.9 Å². The van der Waals surface area contributed by atoms with E-state index >= 15 is 0 Å². The number of carboxylic acid groups (broad SMARTS) is 1.